The molecule has 0 saturated carbocycles. The Kier molecular flexibility index (Phi) is 5.03. The number of carbonyl (C=O) groups excluding carboxylic acids is 1. The first-order valence-corrected chi connectivity index (χ1v) is 7.05. The molecular weight excluding hydrogens is 302 g/mol. The monoisotopic (exact) mass is 315 g/mol. The van der Waals surface area contributed by atoms with Crippen molar-refractivity contribution in [2.75, 3.05) is 7.11 Å². The van der Waals surface area contributed by atoms with E-state index in [1.54, 1.807) is 12.1 Å². The van der Waals surface area contributed by atoms with Gasteiger partial charge in [-0.2, -0.15) is 5.26 Å². The van der Waals surface area contributed by atoms with Crippen molar-refractivity contribution >= 4 is 17.6 Å². The highest BCUT2D eigenvalue weighted by atomic mass is 35.5. The molecule has 5 heteroatoms. The van der Waals surface area contributed by atoms with Gasteiger partial charge in [0.25, 0.3) is 0 Å². The number of hydrogen-bond acceptors (Lipinski definition) is 4. The summed E-state index contributed by atoms with van der Waals surface area (Å²) in [5.74, 6) is -0.192. The molecule has 0 saturated heterocycles. The molecule has 0 radical (unpaired) electrons. The average Bonchev–Trinajstić information content (AvgIpc) is 2.56. The molecule has 0 atom stereocenters. The Labute approximate surface area is 133 Å². The number of esters is 1. The van der Waals surface area contributed by atoms with Crippen molar-refractivity contribution in [2.24, 2.45) is 0 Å². The first kappa shape index (κ1) is 15.9. The van der Waals surface area contributed by atoms with Crippen LogP contribution in [0.25, 0.3) is 0 Å². The van der Waals surface area contributed by atoms with Crippen LogP contribution in [0.1, 0.15) is 28.4 Å². The van der Waals surface area contributed by atoms with Crippen LogP contribution >= 0.6 is 11.6 Å². The van der Waals surface area contributed by atoms with Crippen LogP contribution in [-0.2, 0) is 6.42 Å². The molecule has 0 aliphatic carbocycles. The average molecular weight is 316 g/mol. The minimum Gasteiger partial charge on any atom is -0.493 e. The largest absolute Gasteiger partial charge is 0.493 e. The van der Waals surface area contributed by atoms with Crippen LogP contribution in [0.3, 0.4) is 0 Å². The zero-order chi connectivity index (χ0) is 16.1. The third-order valence-electron chi connectivity index (χ3n) is 3.15. The van der Waals surface area contributed by atoms with E-state index in [0.29, 0.717) is 11.1 Å². The van der Waals surface area contributed by atoms with E-state index in [0.717, 1.165) is 12.0 Å². The van der Waals surface area contributed by atoms with E-state index in [1.165, 1.54) is 19.2 Å². The molecule has 0 heterocycles. The van der Waals surface area contributed by atoms with E-state index < -0.39 is 5.97 Å². The third kappa shape index (κ3) is 3.38. The minimum atomic E-state index is -0.535. The lowest BCUT2D eigenvalue weighted by atomic mass is 10.1. The number of rotatable bonds is 4. The number of nitrogens with zero attached hydrogens (tertiary/aromatic N) is 1. The molecule has 0 aliphatic rings. The second-order valence-corrected chi connectivity index (χ2v) is 4.95. The van der Waals surface area contributed by atoms with Gasteiger partial charge < -0.3 is 9.47 Å². The molecule has 112 valence electrons. The van der Waals surface area contributed by atoms with Gasteiger partial charge in [0.2, 0.25) is 0 Å². The fourth-order valence-electron chi connectivity index (χ4n) is 1.91. The maximum absolute atomic E-state index is 12.2. The number of carbonyl (C=O) groups is 1. The van der Waals surface area contributed by atoms with Gasteiger partial charge in [0.05, 0.1) is 29.3 Å². The van der Waals surface area contributed by atoms with Gasteiger partial charge in [-0.05, 0) is 30.2 Å². The number of methoxy groups -OCH3 is 1. The lowest BCUT2D eigenvalue weighted by molar-refractivity contribution is 0.0730. The van der Waals surface area contributed by atoms with E-state index in [9.17, 15) is 4.79 Å². The number of hydrogen-bond donors (Lipinski definition) is 0. The van der Waals surface area contributed by atoms with Crippen LogP contribution in [0.5, 0.6) is 11.5 Å². The van der Waals surface area contributed by atoms with Crippen LogP contribution in [-0.4, -0.2) is 13.1 Å². The Bertz CT molecular complexity index is 733. The summed E-state index contributed by atoms with van der Waals surface area (Å²) in [6.45, 7) is 2.04. The van der Waals surface area contributed by atoms with Gasteiger partial charge in [-0.15, -0.1) is 0 Å². The number of nitriles is 1. The molecule has 0 bridgehead atoms. The van der Waals surface area contributed by atoms with Crippen molar-refractivity contribution < 1.29 is 14.3 Å². The maximum Gasteiger partial charge on any atom is 0.343 e. The summed E-state index contributed by atoms with van der Waals surface area (Å²) in [5, 5.41) is 9.06. The molecule has 0 aromatic heterocycles. The Balaban J connectivity index is 2.29. The summed E-state index contributed by atoms with van der Waals surface area (Å²) >= 11 is 6.06. The third-order valence-corrected chi connectivity index (χ3v) is 3.43. The highest BCUT2D eigenvalue weighted by Crippen LogP contribution is 2.36. The van der Waals surface area contributed by atoms with Crippen LogP contribution in [0.15, 0.2) is 36.4 Å². The second kappa shape index (κ2) is 6.97. The van der Waals surface area contributed by atoms with Crippen molar-refractivity contribution in [3.05, 3.63) is 58.1 Å². The highest BCUT2D eigenvalue weighted by molar-refractivity contribution is 6.32. The molecule has 22 heavy (non-hydrogen) atoms. The number of aryl methyl sites for hydroxylation is 1. The summed E-state index contributed by atoms with van der Waals surface area (Å²) in [5.41, 5.74) is 1.87. The van der Waals surface area contributed by atoms with E-state index in [2.05, 4.69) is 0 Å². The summed E-state index contributed by atoms with van der Waals surface area (Å²) in [6.07, 6.45) is 0.893. The van der Waals surface area contributed by atoms with Crippen molar-refractivity contribution in [1.82, 2.24) is 0 Å². The van der Waals surface area contributed by atoms with E-state index >= 15 is 0 Å². The van der Waals surface area contributed by atoms with Crippen molar-refractivity contribution in [1.29, 1.82) is 5.26 Å². The van der Waals surface area contributed by atoms with Gasteiger partial charge in [0.1, 0.15) is 0 Å². The van der Waals surface area contributed by atoms with E-state index in [1.807, 2.05) is 25.1 Å². The molecule has 0 N–H and O–H groups in total. The number of halogens is 1. The lowest BCUT2D eigenvalue weighted by Gasteiger charge is -2.11. The van der Waals surface area contributed by atoms with Crippen molar-refractivity contribution in [2.45, 2.75) is 13.3 Å². The molecule has 0 spiro atoms. The second-order valence-electron chi connectivity index (χ2n) is 4.54. The van der Waals surface area contributed by atoms with Crippen LogP contribution < -0.4 is 9.47 Å². The van der Waals surface area contributed by atoms with E-state index in [4.69, 9.17) is 26.3 Å². The molecule has 2 rings (SSSR count). The highest BCUT2D eigenvalue weighted by Gasteiger charge is 2.17. The number of benzene rings is 2. The van der Waals surface area contributed by atoms with Crippen LogP contribution in [0.2, 0.25) is 5.02 Å². The summed E-state index contributed by atoms with van der Waals surface area (Å²) in [6, 6.07) is 12.0. The minimum absolute atomic E-state index is 0.104. The Hall–Kier alpha value is -2.51. The Morgan fingerprint density at radius 1 is 1.27 bits per heavy atom. The summed E-state index contributed by atoms with van der Waals surface area (Å²) in [4.78, 5) is 12.2. The molecule has 2 aromatic rings. The fraction of sp³-hybridized carbons (Fsp3) is 0.176. The summed E-state index contributed by atoms with van der Waals surface area (Å²) in [7, 11) is 1.42. The van der Waals surface area contributed by atoms with E-state index in [-0.39, 0.29) is 16.5 Å². The lowest BCUT2D eigenvalue weighted by Crippen LogP contribution is -2.10. The molecule has 0 fully saturated rings. The molecule has 0 amide bonds. The van der Waals surface area contributed by atoms with Crippen LogP contribution in [0.4, 0.5) is 0 Å². The van der Waals surface area contributed by atoms with Gasteiger partial charge >= 0.3 is 5.97 Å². The van der Waals surface area contributed by atoms with Gasteiger partial charge in [-0.25, -0.2) is 4.79 Å². The predicted octanol–water partition coefficient (Wildman–Crippen LogP) is 4.00. The number of ether oxygens (including phenoxy) is 2. The zero-order valence-electron chi connectivity index (χ0n) is 12.2. The van der Waals surface area contributed by atoms with Crippen molar-refractivity contribution in [3.8, 4) is 17.6 Å². The maximum atomic E-state index is 12.2. The quantitative estimate of drug-likeness (QED) is 0.632. The Morgan fingerprint density at radius 2 is 1.95 bits per heavy atom. The SMILES string of the molecule is CCc1ccc(C(=O)Oc2c(Cl)cc(C#N)cc2OC)cc1. The zero-order valence-corrected chi connectivity index (χ0v) is 13.0. The fourth-order valence-corrected chi connectivity index (χ4v) is 2.16. The Morgan fingerprint density at radius 3 is 2.50 bits per heavy atom. The van der Waals surface area contributed by atoms with Gasteiger partial charge in [0.15, 0.2) is 11.5 Å². The summed E-state index contributed by atoms with van der Waals surface area (Å²) < 4.78 is 10.5. The first-order valence-electron chi connectivity index (χ1n) is 6.67. The molecule has 4 nitrogen and oxygen atoms in total. The molecule has 0 unspecified atom stereocenters. The topological polar surface area (TPSA) is 59.3 Å². The normalized spacial score (nSPS) is 9.91. The molecule has 2 aromatic carbocycles. The smallest absolute Gasteiger partial charge is 0.343 e. The standard InChI is InChI=1S/C17H14ClNO3/c1-3-11-4-6-13(7-5-11)17(20)22-16-14(18)8-12(10-19)9-15(16)21-2/h4-9H,3H2,1-2H3. The first-order chi connectivity index (χ1) is 10.6. The molecular formula is C17H14ClNO3. The van der Waals surface area contributed by atoms with Crippen molar-refractivity contribution in [3.63, 3.8) is 0 Å². The predicted molar refractivity (Wildman–Crippen MR) is 83.5 cm³/mol. The van der Waals surface area contributed by atoms with Gasteiger partial charge in [-0.1, -0.05) is 30.7 Å². The van der Waals surface area contributed by atoms with Gasteiger partial charge in [0, 0.05) is 6.07 Å². The van der Waals surface area contributed by atoms with Gasteiger partial charge in [-0.3, -0.25) is 0 Å². The molecule has 0 aliphatic heterocycles. The van der Waals surface area contributed by atoms with Crippen LogP contribution in [0, 0.1) is 11.3 Å².